The minimum atomic E-state index is -3.59. The van der Waals surface area contributed by atoms with E-state index < -0.39 is 19.9 Å². The van der Waals surface area contributed by atoms with Crippen LogP contribution >= 0.6 is 11.3 Å². The molecule has 12 heteroatoms. The number of aromatic nitrogens is 1. The molecule has 188 valence electrons. The fourth-order valence-electron chi connectivity index (χ4n) is 4.03. The molecule has 0 aliphatic carbocycles. The highest BCUT2D eigenvalue weighted by atomic mass is 32.2. The molecule has 1 aliphatic heterocycles. The van der Waals surface area contributed by atoms with Crippen LogP contribution in [0.2, 0.25) is 0 Å². The lowest BCUT2D eigenvalue weighted by Crippen LogP contribution is -2.30. The minimum Gasteiger partial charge on any atom is -0.467 e. The lowest BCUT2D eigenvalue weighted by atomic mass is 10.2. The number of thiazole rings is 1. The Morgan fingerprint density at radius 1 is 1.03 bits per heavy atom. The standard InChI is InChI=1S/C24H23N3O6S3/c1-35(29,30)20-10-11-21-22(15-20)34-24(25-21)27(16-18-5-4-14-33-18)23(28)17-6-8-19(9-7-17)36(31,32)26-12-2-3-13-26/h4-11,14-15H,2-3,12-13,16H2,1H3. The summed E-state index contributed by atoms with van der Waals surface area (Å²) in [7, 11) is -6.99. The topological polar surface area (TPSA) is 118 Å². The highest BCUT2D eigenvalue weighted by Crippen LogP contribution is 2.33. The monoisotopic (exact) mass is 545 g/mol. The zero-order valence-electron chi connectivity index (χ0n) is 19.3. The molecule has 2 aromatic carbocycles. The second-order valence-corrected chi connectivity index (χ2v) is 13.5. The first-order valence-corrected chi connectivity index (χ1v) is 15.3. The Kier molecular flexibility index (Phi) is 6.45. The van der Waals surface area contributed by atoms with E-state index >= 15 is 0 Å². The van der Waals surface area contributed by atoms with Gasteiger partial charge in [-0.3, -0.25) is 9.69 Å². The van der Waals surface area contributed by atoms with Crippen molar-refractivity contribution in [3.05, 3.63) is 72.2 Å². The summed E-state index contributed by atoms with van der Waals surface area (Å²) in [5, 5.41) is 0.366. The van der Waals surface area contributed by atoms with Crippen molar-refractivity contribution in [3.63, 3.8) is 0 Å². The average molecular weight is 546 g/mol. The Morgan fingerprint density at radius 2 is 1.72 bits per heavy atom. The van der Waals surface area contributed by atoms with E-state index in [4.69, 9.17) is 4.42 Å². The SMILES string of the molecule is CS(=O)(=O)c1ccc2nc(N(Cc3ccco3)C(=O)c3ccc(S(=O)(=O)N4CCCC4)cc3)sc2c1. The van der Waals surface area contributed by atoms with Gasteiger partial charge in [0.2, 0.25) is 10.0 Å². The molecule has 5 rings (SSSR count). The van der Waals surface area contributed by atoms with Crippen molar-refractivity contribution in [2.24, 2.45) is 0 Å². The molecule has 0 atom stereocenters. The number of nitrogens with zero attached hydrogens (tertiary/aromatic N) is 3. The van der Waals surface area contributed by atoms with Crippen molar-refractivity contribution in [2.75, 3.05) is 24.2 Å². The highest BCUT2D eigenvalue weighted by Gasteiger charge is 2.28. The molecule has 0 N–H and O–H groups in total. The fraction of sp³-hybridized carbons (Fsp3) is 0.250. The maximum absolute atomic E-state index is 13.6. The first-order chi connectivity index (χ1) is 17.1. The van der Waals surface area contributed by atoms with E-state index in [9.17, 15) is 21.6 Å². The predicted molar refractivity (Wildman–Crippen MR) is 136 cm³/mol. The average Bonchev–Trinajstić information content (AvgIpc) is 3.63. The number of amides is 1. The number of furan rings is 1. The van der Waals surface area contributed by atoms with Crippen molar-refractivity contribution in [1.29, 1.82) is 0 Å². The van der Waals surface area contributed by atoms with Crippen LogP contribution in [0.15, 0.2) is 75.1 Å². The number of sulfone groups is 1. The smallest absolute Gasteiger partial charge is 0.260 e. The third-order valence-corrected chi connectivity index (χ3v) is 10.0. The molecule has 3 heterocycles. The van der Waals surface area contributed by atoms with Gasteiger partial charge in [0.05, 0.1) is 32.8 Å². The molecule has 1 fully saturated rings. The number of carbonyl (C=O) groups excluding carboxylic acids is 1. The lowest BCUT2D eigenvalue weighted by molar-refractivity contribution is 0.0983. The van der Waals surface area contributed by atoms with Gasteiger partial charge in [0.1, 0.15) is 5.76 Å². The molecule has 1 amide bonds. The van der Waals surface area contributed by atoms with E-state index in [1.807, 2.05) is 0 Å². The number of carbonyl (C=O) groups is 1. The van der Waals surface area contributed by atoms with Crippen LogP contribution in [0.3, 0.4) is 0 Å². The third kappa shape index (κ3) is 4.81. The van der Waals surface area contributed by atoms with Gasteiger partial charge in [-0.2, -0.15) is 4.31 Å². The highest BCUT2D eigenvalue weighted by molar-refractivity contribution is 7.90. The summed E-state index contributed by atoms with van der Waals surface area (Å²) in [5.41, 5.74) is 0.852. The number of hydrogen-bond acceptors (Lipinski definition) is 8. The van der Waals surface area contributed by atoms with Crippen LogP contribution in [-0.2, 0) is 26.4 Å². The van der Waals surface area contributed by atoms with Crippen LogP contribution in [0.5, 0.6) is 0 Å². The van der Waals surface area contributed by atoms with Crippen molar-refractivity contribution in [2.45, 2.75) is 29.2 Å². The van der Waals surface area contributed by atoms with E-state index in [1.54, 1.807) is 24.3 Å². The van der Waals surface area contributed by atoms with Gasteiger partial charge >= 0.3 is 0 Å². The second-order valence-electron chi connectivity index (χ2n) is 8.50. The first-order valence-electron chi connectivity index (χ1n) is 11.2. The largest absolute Gasteiger partial charge is 0.467 e. The van der Waals surface area contributed by atoms with Gasteiger partial charge < -0.3 is 4.42 Å². The Bertz CT molecular complexity index is 1620. The van der Waals surface area contributed by atoms with Gasteiger partial charge in [-0.1, -0.05) is 11.3 Å². The minimum absolute atomic E-state index is 0.0957. The molecule has 1 aliphatic rings. The van der Waals surface area contributed by atoms with E-state index in [-0.39, 0.29) is 27.8 Å². The number of sulfonamides is 1. The van der Waals surface area contributed by atoms with Gasteiger partial charge in [0.15, 0.2) is 15.0 Å². The summed E-state index contributed by atoms with van der Waals surface area (Å²) in [6.07, 6.45) is 4.32. The van der Waals surface area contributed by atoms with Gasteiger partial charge in [-0.15, -0.1) is 0 Å². The van der Waals surface area contributed by atoms with Gasteiger partial charge in [0.25, 0.3) is 5.91 Å². The van der Waals surface area contributed by atoms with Gasteiger partial charge in [-0.25, -0.2) is 21.8 Å². The summed E-state index contributed by atoms with van der Waals surface area (Å²) in [6.45, 7) is 1.09. The molecule has 2 aromatic heterocycles. The fourth-order valence-corrected chi connectivity index (χ4v) is 7.27. The molecule has 4 aromatic rings. The van der Waals surface area contributed by atoms with E-state index in [0.717, 1.165) is 19.1 Å². The maximum Gasteiger partial charge on any atom is 0.260 e. The zero-order chi connectivity index (χ0) is 25.5. The summed E-state index contributed by atoms with van der Waals surface area (Å²) in [6, 6.07) is 14.0. The van der Waals surface area contributed by atoms with E-state index in [0.29, 0.717) is 34.2 Å². The Hall–Kier alpha value is -3.06. The van der Waals surface area contributed by atoms with Crippen LogP contribution < -0.4 is 4.90 Å². The quantitative estimate of drug-likeness (QED) is 0.345. The van der Waals surface area contributed by atoms with Crippen molar-refractivity contribution >= 4 is 52.5 Å². The van der Waals surface area contributed by atoms with Crippen LogP contribution in [0.4, 0.5) is 5.13 Å². The van der Waals surface area contributed by atoms with Crippen LogP contribution in [-0.4, -0.2) is 51.4 Å². The molecular weight excluding hydrogens is 522 g/mol. The van der Waals surface area contributed by atoms with Crippen LogP contribution in [0.1, 0.15) is 29.0 Å². The van der Waals surface area contributed by atoms with Gasteiger partial charge in [-0.05, 0) is 67.4 Å². The lowest BCUT2D eigenvalue weighted by Gasteiger charge is -2.19. The Morgan fingerprint density at radius 3 is 2.36 bits per heavy atom. The summed E-state index contributed by atoms with van der Waals surface area (Å²) in [5.74, 6) is 0.145. The third-order valence-electron chi connectivity index (χ3n) is 5.95. The summed E-state index contributed by atoms with van der Waals surface area (Å²) < 4.78 is 57.2. The van der Waals surface area contributed by atoms with Gasteiger partial charge in [0, 0.05) is 24.9 Å². The number of anilines is 1. The van der Waals surface area contributed by atoms with Crippen molar-refractivity contribution < 1.29 is 26.0 Å². The molecule has 36 heavy (non-hydrogen) atoms. The number of fused-ring (bicyclic) bond motifs is 1. The summed E-state index contributed by atoms with van der Waals surface area (Å²) >= 11 is 1.19. The number of benzene rings is 2. The summed E-state index contributed by atoms with van der Waals surface area (Å²) in [4.78, 5) is 19.9. The first kappa shape index (κ1) is 24.6. The second kappa shape index (κ2) is 9.43. The predicted octanol–water partition coefficient (Wildman–Crippen LogP) is 3.92. The Labute approximate surface area is 212 Å². The van der Waals surface area contributed by atoms with Crippen LogP contribution in [0.25, 0.3) is 10.2 Å². The van der Waals surface area contributed by atoms with Crippen molar-refractivity contribution in [3.8, 4) is 0 Å². The van der Waals surface area contributed by atoms with Crippen LogP contribution in [0, 0.1) is 0 Å². The maximum atomic E-state index is 13.6. The molecule has 0 saturated carbocycles. The molecule has 0 unspecified atom stereocenters. The molecule has 1 saturated heterocycles. The Balaban J connectivity index is 1.49. The molecular formula is C24H23N3O6S3. The van der Waals surface area contributed by atoms with Crippen molar-refractivity contribution in [1.82, 2.24) is 9.29 Å². The molecule has 0 bridgehead atoms. The van der Waals surface area contributed by atoms with E-state index in [2.05, 4.69) is 4.98 Å². The molecule has 0 spiro atoms. The normalized spacial score (nSPS) is 14.9. The number of hydrogen-bond donors (Lipinski definition) is 0. The van der Waals surface area contributed by atoms with E-state index in [1.165, 1.54) is 57.1 Å². The number of rotatable bonds is 7. The zero-order valence-corrected chi connectivity index (χ0v) is 21.8. The molecule has 0 radical (unpaired) electrons. The molecule has 9 nitrogen and oxygen atoms in total.